The van der Waals surface area contributed by atoms with Crippen molar-refractivity contribution in [2.45, 2.75) is 32.2 Å². The highest BCUT2D eigenvalue weighted by molar-refractivity contribution is 7.89. The maximum absolute atomic E-state index is 12.5. The van der Waals surface area contributed by atoms with E-state index in [0.29, 0.717) is 25.7 Å². The maximum atomic E-state index is 12.5. The monoisotopic (exact) mass is 276 g/mol. The predicted octanol–water partition coefficient (Wildman–Crippen LogP) is 0.427. The van der Waals surface area contributed by atoms with E-state index in [1.807, 2.05) is 13.8 Å². The van der Waals surface area contributed by atoms with Crippen molar-refractivity contribution in [3.8, 4) is 0 Å². The molecule has 0 radical (unpaired) electrons. The summed E-state index contributed by atoms with van der Waals surface area (Å²) in [5.41, 5.74) is -0.413. The largest absolute Gasteiger partial charge is 0.378 e. The first-order valence-corrected chi connectivity index (χ1v) is 8.32. The number of piperidine rings is 1. The number of hydrogen-bond acceptors (Lipinski definition) is 4. The van der Waals surface area contributed by atoms with E-state index < -0.39 is 15.6 Å². The van der Waals surface area contributed by atoms with Gasteiger partial charge in [-0.15, -0.1) is 0 Å². The molecule has 0 atom stereocenters. The molecular weight excluding hydrogens is 252 g/mol. The lowest BCUT2D eigenvalue weighted by molar-refractivity contribution is -0.00788. The summed E-state index contributed by atoms with van der Waals surface area (Å²) in [5, 5.41) is 3.27. The molecule has 2 aliphatic heterocycles. The fourth-order valence-corrected chi connectivity index (χ4v) is 5.06. The molecule has 2 aliphatic rings. The molecule has 18 heavy (non-hydrogen) atoms. The molecule has 0 spiro atoms. The molecule has 0 aliphatic carbocycles. The minimum absolute atomic E-state index is 0.290. The first-order valence-electron chi connectivity index (χ1n) is 6.71. The van der Waals surface area contributed by atoms with Gasteiger partial charge in [-0.2, -0.15) is 4.31 Å². The summed E-state index contributed by atoms with van der Waals surface area (Å²) in [6, 6.07) is 0. The molecule has 0 aromatic heterocycles. The SMILES string of the molecule is CC1(C)COCCN1S(=O)(=O)CC1CCNCC1. The Balaban J connectivity index is 2.04. The molecule has 2 heterocycles. The van der Waals surface area contributed by atoms with Crippen LogP contribution in [0.1, 0.15) is 26.7 Å². The van der Waals surface area contributed by atoms with Gasteiger partial charge in [-0.25, -0.2) is 8.42 Å². The average molecular weight is 276 g/mol. The van der Waals surface area contributed by atoms with E-state index in [4.69, 9.17) is 4.74 Å². The highest BCUT2D eigenvalue weighted by Crippen LogP contribution is 2.25. The fourth-order valence-electron chi connectivity index (χ4n) is 2.80. The van der Waals surface area contributed by atoms with Crippen molar-refractivity contribution >= 4 is 10.0 Å². The van der Waals surface area contributed by atoms with Crippen LogP contribution in [0.3, 0.4) is 0 Å². The zero-order chi connectivity index (χ0) is 13.2. The average Bonchev–Trinajstić information content (AvgIpc) is 2.28. The lowest BCUT2D eigenvalue weighted by Crippen LogP contribution is -2.56. The lowest BCUT2D eigenvalue weighted by Gasteiger charge is -2.41. The van der Waals surface area contributed by atoms with Crippen LogP contribution in [0.2, 0.25) is 0 Å². The van der Waals surface area contributed by atoms with Crippen molar-refractivity contribution in [3.05, 3.63) is 0 Å². The Kier molecular flexibility index (Phi) is 4.31. The van der Waals surface area contributed by atoms with Crippen molar-refractivity contribution in [1.82, 2.24) is 9.62 Å². The molecule has 5 nitrogen and oxygen atoms in total. The summed E-state index contributed by atoms with van der Waals surface area (Å²) in [4.78, 5) is 0. The van der Waals surface area contributed by atoms with Crippen LogP contribution in [0, 0.1) is 5.92 Å². The quantitative estimate of drug-likeness (QED) is 0.812. The van der Waals surface area contributed by atoms with Gasteiger partial charge in [-0.1, -0.05) is 0 Å². The third-order valence-corrected chi connectivity index (χ3v) is 6.05. The summed E-state index contributed by atoms with van der Waals surface area (Å²) >= 11 is 0. The molecule has 2 rings (SSSR count). The molecule has 0 saturated carbocycles. The smallest absolute Gasteiger partial charge is 0.215 e. The molecule has 0 amide bonds. The van der Waals surface area contributed by atoms with Crippen LogP contribution in [0.5, 0.6) is 0 Å². The van der Waals surface area contributed by atoms with Gasteiger partial charge in [0.2, 0.25) is 10.0 Å². The normalized spacial score (nSPS) is 27.2. The number of ether oxygens (including phenoxy) is 1. The van der Waals surface area contributed by atoms with Gasteiger partial charge in [0.25, 0.3) is 0 Å². The molecule has 0 aromatic carbocycles. The van der Waals surface area contributed by atoms with E-state index in [1.165, 1.54) is 0 Å². The van der Waals surface area contributed by atoms with Crippen molar-refractivity contribution in [1.29, 1.82) is 0 Å². The van der Waals surface area contributed by atoms with Crippen molar-refractivity contribution in [2.24, 2.45) is 5.92 Å². The minimum atomic E-state index is -3.17. The summed E-state index contributed by atoms with van der Waals surface area (Å²) < 4.78 is 32.1. The van der Waals surface area contributed by atoms with Gasteiger partial charge < -0.3 is 10.1 Å². The van der Waals surface area contributed by atoms with Gasteiger partial charge >= 0.3 is 0 Å². The number of nitrogens with one attached hydrogen (secondary N) is 1. The Morgan fingerprint density at radius 3 is 2.61 bits per heavy atom. The van der Waals surface area contributed by atoms with Gasteiger partial charge in [0, 0.05) is 6.54 Å². The second kappa shape index (κ2) is 5.45. The van der Waals surface area contributed by atoms with Crippen molar-refractivity contribution in [2.75, 3.05) is 38.6 Å². The predicted molar refractivity (Wildman–Crippen MR) is 71.0 cm³/mol. The van der Waals surface area contributed by atoms with E-state index in [9.17, 15) is 8.42 Å². The molecule has 106 valence electrons. The Labute approximate surface area is 110 Å². The fraction of sp³-hybridized carbons (Fsp3) is 1.00. The zero-order valence-corrected chi connectivity index (χ0v) is 12.1. The number of sulfonamides is 1. The summed E-state index contributed by atoms with van der Waals surface area (Å²) in [6.07, 6.45) is 1.92. The van der Waals surface area contributed by atoms with Gasteiger partial charge in [0.1, 0.15) is 0 Å². The zero-order valence-electron chi connectivity index (χ0n) is 11.3. The van der Waals surface area contributed by atoms with Crippen LogP contribution in [0.4, 0.5) is 0 Å². The number of morpholine rings is 1. The molecule has 0 bridgehead atoms. The highest BCUT2D eigenvalue weighted by atomic mass is 32.2. The second-order valence-electron chi connectivity index (χ2n) is 5.91. The van der Waals surface area contributed by atoms with Crippen LogP contribution in [-0.2, 0) is 14.8 Å². The summed E-state index contributed by atoms with van der Waals surface area (Å²) in [5.74, 6) is 0.591. The van der Waals surface area contributed by atoms with Crippen molar-refractivity contribution in [3.63, 3.8) is 0 Å². The summed E-state index contributed by atoms with van der Waals surface area (Å²) in [7, 11) is -3.17. The Hall–Kier alpha value is -0.170. The molecule has 2 fully saturated rings. The van der Waals surface area contributed by atoms with Gasteiger partial charge in [0.05, 0.1) is 24.5 Å². The van der Waals surface area contributed by atoms with Gasteiger partial charge in [0.15, 0.2) is 0 Å². The maximum Gasteiger partial charge on any atom is 0.215 e. The van der Waals surface area contributed by atoms with Crippen molar-refractivity contribution < 1.29 is 13.2 Å². The third-order valence-electron chi connectivity index (χ3n) is 3.81. The topological polar surface area (TPSA) is 58.6 Å². The van der Waals surface area contributed by atoms with Crippen LogP contribution >= 0.6 is 0 Å². The Morgan fingerprint density at radius 1 is 1.33 bits per heavy atom. The van der Waals surface area contributed by atoms with Gasteiger partial charge in [-0.3, -0.25) is 0 Å². The molecule has 2 saturated heterocycles. The molecule has 6 heteroatoms. The van der Waals surface area contributed by atoms with Crippen LogP contribution < -0.4 is 5.32 Å². The van der Waals surface area contributed by atoms with E-state index in [0.717, 1.165) is 25.9 Å². The molecule has 1 N–H and O–H groups in total. The number of rotatable bonds is 3. The van der Waals surface area contributed by atoms with E-state index in [-0.39, 0.29) is 5.75 Å². The molecule has 0 unspecified atom stereocenters. The Morgan fingerprint density at radius 2 is 2.00 bits per heavy atom. The molecular formula is C12H24N2O3S. The first kappa shape index (κ1) is 14.2. The molecule has 0 aromatic rings. The third kappa shape index (κ3) is 3.23. The van der Waals surface area contributed by atoms with E-state index in [2.05, 4.69) is 5.32 Å². The van der Waals surface area contributed by atoms with Crippen LogP contribution in [0.25, 0.3) is 0 Å². The van der Waals surface area contributed by atoms with Gasteiger partial charge in [-0.05, 0) is 45.7 Å². The van der Waals surface area contributed by atoms with E-state index >= 15 is 0 Å². The standard InChI is InChI=1S/C12H24N2O3S/c1-12(2)10-17-8-7-14(12)18(15,16)9-11-3-5-13-6-4-11/h11,13H,3-10H2,1-2H3. The summed E-state index contributed by atoms with van der Waals surface area (Å²) in [6.45, 7) is 7.23. The second-order valence-corrected chi connectivity index (χ2v) is 7.85. The lowest BCUT2D eigenvalue weighted by atomic mass is 10.0. The Bertz CT molecular complexity index is 375. The van der Waals surface area contributed by atoms with Crippen LogP contribution in [0.15, 0.2) is 0 Å². The highest BCUT2D eigenvalue weighted by Gasteiger charge is 2.39. The van der Waals surface area contributed by atoms with E-state index in [1.54, 1.807) is 4.31 Å². The number of hydrogen-bond donors (Lipinski definition) is 1. The van der Waals surface area contributed by atoms with Crippen LogP contribution in [-0.4, -0.2) is 56.9 Å². The first-order chi connectivity index (χ1) is 8.42. The number of nitrogens with zero attached hydrogens (tertiary/aromatic N) is 1. The minimum Gasteiger partial charge on any atom is -0.378 e.